The van der Waals surface area contributed by atoms with Crippen LogP contribution in [0.4, 0.5) is 0 Å². The third kappa shape index (κ3) is 2.95. The maximum Gasteiger partial charge on any atom is 0.307 e. The van der Waals surface area contributed by atoms with Crippen LogP contribution in [-0.2, 0) is 4.79 Å². The number of carboxylic acids is 1. The van der Waals surface area contributed by atoms with E-state index in [1.807, 2.05) is 5.38 Å². The highest BCUT2D eigenvalue weighted by molar-refractivity contribution is 7.07. The molecule has 0 fully saturated rings. The highest BCUT2D eigenvalue weighted by atomic mass is 32.1. The molecule has 1 rings (SSSR count). The number of hydrogen-bond acceptors (Lipinski definition) is 3. The van der Waals surface area contributed by atoms with Gasteiger partial charge in [-0.1, -0.05) is 6.08 Å². The van der Waals surface area contributed by atoms with Gasteiger partial charge in [0.25, 0.3) is 0 Å². The second kappa shape index (κ2) is 3.88. The average Bonchev–Trinajstić information content (AvgIpc) is 2.39. The molecule has 1 aromatic rings. The Bertz CT molecular complexity index is 253. The molecule has 0 atom stereocenters. The topological polar surface area (TPSA) is 50.2 Å². The Labute approximate surface area is 68.0 Å². The lowest BCUT2D eigenvalue weighted by molar-refractivity contribution is -0.135. The summed E-state index contributed by atoms with van der Waals surface area (Å²) in [5, 5.41) is 10.1. The molecular formula is C7H7NO2S. The number of hydrogen-bond donors (Lipinski definition) is 1. The van der Waals surface area contributed by atoms with Crippen LogP contribution in [0.3, 0.4) is 0 Å². The van der Waals surface area contributed by atoms with Gasteiger partial charge in [0.2, 0.25) is 0 Å². The first-order chi connectivity index (χ1) is 5.29. The molecule has 0 unspecified atom stereocenters. The van der Waals surface area contributed by atoms with Gasteiger partial charge in [-0.25, -0.2) is 4.98 Å². The standard InChI is InChI=1S/C7H7NO2S/c9-7(10)3-1-2-6-4-11-5-8-6/h1-2,4-5H,3H2,(H,9,10). The molecule has 0 saturated heterocycles. The van der Waals surface area contributed by atoms with Crippen LogP contribution in [0.15, 0.2) is 17.0 Å². The average molecular weight is 169 g/mol. The lowest BCUT2D eigenvalue weighted by Gasteiger charge is -1.82. The molecule has 58 valence electrons. The fourth-order valence-electron chi connectivity index (χ4n) is 0.585. The van der Waals surface area contributed by atoms with Gasteiger partial charge in [-0.05, 0) is 6.08 Å². The van der Waals surface area contributed by atoms with Gasteiger partial charge in [0.05, 0.1) is 17.6 Å². The van der Waals surface area contributed by atoms with Crippen LogP contribution in [0.25, 0.3) is 6.08 Å². The number of nitrogens with zero attached hydrogens (tertiary/aromatic N) is 1. The van der Waals surface area contributed by atoms with E-state index in [9.17, 15) is 4.79 Å². The number of rotatable bonds is 3. The fraction of sp³-hybridized carbons (Fsp3) is 0.143. The minimum atomic E-state index is -0.823. The molecule has 0 amide bonds. The third-order valence-corrected chi connectivity index (χ3v) is 1.64. The Kier molecular flexibility index (Phi) is 2.80. The van der Waals surface area contributed by atoms with Crippen LogP contribution in [0.1, 0.15) is 12.1 Å². The molecule has 0 aromatic carbocycles. The minimum Gasteiger partial charge on any atom is -0.481 e. The number of aromatic nitrogens is 1. The molecule has 0 aliphatic carbocycles. The first-order valence-corrected chi connectivity index (χ1v) is 4.00. The predicted octanol–water partition coefficient (Wildman–Crippen LogP) is 1.63. The molecule has 0 bridgehead atoms. The molecule has 11 heavy (non-hydrogen) atoms. The first-order valence-electron chi connectivity index (χ1n) is 3.05. The SMILES string of the molecule is O=C(O)CC=Cc1cscn1. The van der Waals surface area contributed by atoms with Gasteiger partial charge < -0.3 is 5.11 Å². The van der Waals surface area contributed by atoms with Crippen molar-refractivity contribution < 1.29 is 9.90 Å². The van der Waals surface area contributed by atoms with E-state index in [4.69, 9.17) is 5.11 Å². The van der Waals surface area contributed by atoms with Crippen LogP contribution >= 0.6 is 11.3 Å². The van der Waals surface area contributed by atoms with Gasteiger partial charge in [0.15, 0.2) is 0 Å². The van der Waals surface area contributed by atoms with E-state index < -0.39 is 5.97 Å². The Hall–Kier alpha value is -1.16. The predicted molar refractivity (Wildman–Crippen MR) is 43.4 cm³/mol. The number of thiazole rings is 1. The van der Waals surface area contributed by atoms with Crippen LogP contribution in [0.5, 0.6) is 0 Å². The quantitative estimate of drug-likeness (QED) is 0.748. The van der Waals surface area contributed by atoms with Crippen LogP contribution < -0.4 is 0 Å². The molecule has 0 radical (unpaired) electrons. The lowest BCUT2D eigenvalue weighted by atomic mass is 10.3. The highest BCUT2D eigenvalue weighted by Gasteiger charge is 1.90. The molecule has 0 aliphatic heterocycles. The number of carbonyl (C=O) groups is 1. The molecule has 0 aliphatic rings. The van der Waals surface area contributed by atoms with Crippen molar-refractivity contribution >= 4 is 23.4 Å². The van der Waals surface area contributed by atoms with Gasteiger partial charge >= 0.3 is 5.97 Å². The summed E-state index contributed by atoms with van der Waals surface area (Å²) in [5.74, 6) is -0.823. The monoisotopic (exact) mass is 169 g/mol. The second-order valence-corrected chi connectivity index (χ2v) is 2.63. The van der Waals surface area contributed by atoms with E-state index in [0.717, 1.165) is 5.69 Å². The highest BCUT2D eigenvalue weighted by Crippen LogP contribution is 2.03. The molecule has 4 heteroatoms. The van der Waals surface area contributed by atoms with E-state index >= 15 is 0 Å². The summed E-state index contributed by atoms with van der Waals surface area (Å²) in [7, 11) is 0. The maximum absolute atomic E-state index is 10.1. The van der Waals surface area contributed by atoms with Crippen LogP contribution in [0.2, 0.25) is 0 Å². The van der Waals surface area contributed by atoms with Gasteiger partial charge in [-0.3, -0.25) is 4.79 Å². The number of aliphatic carboxylic acids is 1. The summed E-state index contributed by atoms with van der Waals surface area (Å²) in [6.45, 7) is 0. The van der Waals surface area contributed by atoms with Gasteiger partial charge in [-0.15, -0.1) is 11.3 Å². The summed E-state index contributed by atoms with van der Waals surface area (Å²) >= 11 is 1.49. The smallest absolute Gasteiger partial charge is 0.307 e. The van der Waals surface area contributed by atoms with Crippen molar-refractivity contribution in [1.82, 2.24) is 4.98 Å². The molecule has 0 spiro atoms. The number of carboxylic acid groups (broad SMARTS) is 1. The summed E-state index contributed by atoms with van der Waals surface area (Å²) in [5.41, 5.74) is 2.52. The Morgan fingerprint density at radius 3 is 3.18 bits per heavy atom. The summed E-state index contributed by atoms with van der Waals surface area (Å²) < 4.78 is 0. The first kappa shape index (κ1) is 7.94. The van der Waals surface area contributed by atoms with Crippen molar-refractivity contribution in [2.45, 2.75) is 6.42 Å². The molecule has 1 N–H and O–H groups in total. The second-order valence-electron chi connectivity index (χ2n) is 1.91. The van der Waals surface area contributed by atoms with Gasteiger partial charge in [0.1, 0.15) is 0 Å². The maximum atomic E-state index is 10.1. The summed E-state index contributed by atoms with van der Waals surface area (Å²) in [4.78, 5) is 14.0. The summed E-state index contributed by atoms with van der Waals surface area (Å²) in [6.07, 6.45) is 3.33. The van der Waals surface area contributed by atoms with Crippen molar-refractivity contribution in [2.24, 2.45) is 0 Å². The van der Waals surface area contributed by atoms with Crippen molar-refractivity contribution in [3.05, 3.63) is 22.7 Å². The largest absolute Gasteiger partial charge is 0.481 e. The zero-order chi connectivity index (χ0) is 8.10. The Morgan fingerprint density at radius 2 is 2.64 bits per heavy atom. The van der Waals surface area contributed by atoms with Gasteiger partial charge in [-0.2, -0.15) is 0 Å². The van der Waals surface area contributed by atoms with Crippen molar-refractivity contribution in [3.8, 4) is 0 Å². The van der Waals surface area contributed by atoms with Crippen LogP contribution in [-0.4, -0.2) is 16.1 Å². The van der Waals surface area contributed by atoms with E-state index in [0.29, 0.717) is 0 Å². The van der Waals surface area contributed by atoms with E-state index in [1.54, 1.807) is 17.7 Å². The molecule has 0 saturated carbocycles. The molecule has 1 aromatic heterocycles. The van der Waals surface area contributed by atoms with E-state index in [2.05, 4.69) is 4.98 Å². The van der Waals surface area contributed by atoms with Crippen molar-refractivity contribution in [1.29, 1.82) is 0 Å². The molecular weight excluding hydrogens is 162 g/mol. The normalized spacial score (nSPS) is 10.5. The van der Waals surface area contributed by atoms with Crippen molar-refractivity contribution in [3.63, 3.8) is 0 Å². The Morgan fingerprint density at radius 1 is 1.82 bits per heavy atom. The fourth-order valence-corrected chi connectivity index (χ4v) is 1.11. The van der Waals surface area contributed by atoms with Crippen molar-refractivity contribution in [2.75, 3.05) is 0 Å². The van der Waals surface area contributed by atoms with E-state index in [-0.39, 0.29) is 6.42 Å². The minimum absolute atomic E-state index is 0.0531. The summed E-state index contributed by atoms with van der Waals surface area (Å²) in [6, 6.07) is 0. The lowest BCUT2D eigenvalue weighted by Crippen LogP contribution is -1.89. The van der Waals surface area contributed by atoms with Crippen LogP contribution in [0, 0.1) is 0 Å². The molecule has 3 nitrogen and oxygen atoms in total. The third-order valence-electron chi connectivity index (χ3n) is 1.03. The Balaban J connectivity index is 2.43. The zero-order valence-electron chi connectivity index (χ0n) is 5.73. The van der Waals surface area contributed by atoms with Gasteiger partial charge in [0, 0.05) is 5.38 Å². The van der Waals surface area contributed by atoms with E-state index in [1.165, 1.54) is 11.3 Å². The molecule has 1 heterocycles. The zero-order valence-corrected chi connectivity index (χ0v) is 6.54.